The van der Waals surface area contributed by atoms with Crippen LogP contribution in [0.5, 0.6) is 0 Å². The van der Waals surface area contributed by atoms with Crippen molar-refractivity contribution in [2.75, 3.05) is 18.9 Å². The lowest BCUT2D eigenvalue weighted by Gasteiger charge is -2.28. The number of thiophene rings is 1. The van der Waals surface area contributed by atoms with Crippen molar-refractivity contribution < 1.29 is 9.90 Å². The number of rotatable bonds is 2. The van der Waals surface area contributed by atoms with Gasteiger partial charge in [0.25, 0.3) is 5.91 Å². The van der Waals surface area contributed by atoms with E-state index in [0.717, 1.165) is 35.9 Å². The van der Waals surface area contributed by atoms with Gasteiger partial charge < -0.3 is 15.7 Å². The van der Waals surface area contributed by atoms with Crippen molar-refractivity contribution in [2.24, 2.45) is 0 Å². The normalized spacial score (nSPS) is 19.7. The summed E-state index contributed by atoms with van der Waals surface area (Å²) in [5, 5.41) is 10.4. The Morgan fingerprint density at radius 1 is 1.48 bits per heavy atom. The van der Waals surface area contributed by atoms with Gasteiger partial charge >= 0.3 is 0 Å². The Balaban J connectivity index is 1.96. The summed E-state index contributed by atoms with van der Waals surface area (Å²) in [4.78, 5) is 20.2. The summed E-state index contributed by atoms with van der Waals surface area (Å²) in [6.07, 6.45) is 5.69. The molecule has 2 aromatic rings. The molecule has 0 spiro atoms. The number of carbonyl (C=O) groups excluding carboxylic acids is 1. The van der Waals surface area contributed by atoms with E-state index in [1.165, 1.54) is 11.3 Å². The third kappa shape index (κ3) is 2.61. The van der Waals surface area contributed by atoms with E-state index in [-0.39, 0.29) is 18.6 Å². The van der Waals surface area contributed by atoms with Gasteiger partial charge in [0.05, 0.1) is 18.3 Å². The number of amides is 1. The number of fused-ring (bicyclic) bond motifs is 1. The maximum absolute atomic E-state index is 12.8. The molecule has 112 valence electrons. The number of aliphatic hydroxyl groups is 1. The first-order chi connectivity index (χ1) is 10.2. The lowest BCUT2D eigenvalue weighted by molar-refractivity contribution is 0.0605. The molecule has 1 saturated heterocycles. The third-order valence-corrected chi connectivity index (χ3v) is 5.17. The van der Waals surface area contributed by atoms with Gasteiger partial charge in [-0.1, -0.05) is 12.8 Å². The highest BCUT2D eigenvalue weighted by Gasteiger charge is 2.28. The molecule has 3 N–H and O–H groups in total. The summed E-state index contributed by atoms with van der Waals surface area (Å²) in [5.41, 5.74) is 6.64. The fraction of sp³-hybridized carbons (Fsp3) is 0.467. The average molecular weight is 305 g/mol. The number of hydrogen-bond acceptors (Lipinski definition) is 5. The van der Waals surface area contributed by atoms with Gasteiger partial charge in [-0.15, -0.1) is 11.3 Å². The second kappa shape index (κ2) is 5.99. The Labute approximate surface area is 127 Å². The molecule has 3 heterocycles. The molecule has 2 aromatic heterocycles. The maximum atomic E-state index is 12.8. The summed E-state index contributed by atoms with van der Waals surface area (Å²) < 4.78 is 0. The van der Waals surface area contributed by atoms with E-state index in [1.807, 2.05) is 12.1 Å². The van der Waals surface area contributed by atoms with Gasteiger partial charge in [-0.25, -0.2) is 4.98 Å². The largest absolute Gasteiger partial charge is 0.397 e. The smallest absolute Gasteiger partial charge is 0.266 e. The first-order valence-corrected chi connectivity index (χ1v) is 8.09. The molecule has 21 heavy (non-hydrogen) atoms. The quantitative estimate of drug-likeness (QED) is 0.892. The number of aliphatic hydroxyl groups excluding tert-OH is 1. The first-order valence-electron chi connectivity index (χ1n) is 7.27. The molecule has 0 aromatic carbocycles. The van der Waals surface area contributed by atoms with Crippen LogP contribution >= 0.6 is 11.3 Å². The number of nitrogen functional groups attached to an aromatic ring is 1. The van der Waals surface area contributed by atoms with Gasteiger partial charge in [0.15, 0.2) is 0 Å². The van der Waals surface area contributed by atoms with Crippen LogP contribution in [0.4, 0.5) is 5.69 Å². The Bertz CT molecular complexity index is 655. The van der Waals surface area contributed by atoms with Crippen LogP contribution in [0.15, 0.2) is 18.3 Å². The highest BCUT2D eigenvalue weighted by Crippen LogP contribution is 2.33. The van der Waals surface area contributed by atoms with Crippen molar-refractivity contribution in [1.82, 2.24) is 9.88 Å². The van der Waals surface area contributed by atoms with Crippen LogP contribution in [0.2, 0.25) is 0 Å². The third-order valence-electron chi connectivity index (χ3n) is 4.05. The van der Waals surface area contributed by atoms with E-state index < -0.39 is 0 Å². The summed E-state index contributed by atoms with van der Waals surface area (Å²) in [6, 6.07) is 3.61. The Kier molecular flexibility index (Phi) is 4.07. The topological polar surface area (TPSA) is 79.5 Å². The van der Waals surface area contributed by atoms with Crippen LogP contribution in [0.3, 0.4) is 0 Å². The molecule has 1 unspecified atom stereocenters. The van der Waals surface area contributed by atoms with Crippen LogP contribution < -0.4 is 5.73 Å². The van der Waals surface area contributed by atoms with Crippen LogP contribution in [0.1, 0.15) is 35.4 Å². The van der Waals surface area contributed by atoms with Gasteiger partial charge in [-0.05, 0) is 25.0 Å². The molecular weight excluding hydrogens is 286 g/mol. The van der Waals surface area contributed by atoms with Crippen molar-refractivity contribution in [3.05, 3.63) is 23.2 Å². The summed E-state index contributed by atoms with van der Waals surface area (Å²) in [6.45, 7) is 0.694. The van der Waals surface area contributed by atoms with Gasteiger partial charge in [-0.2, -0.15) is 0 Å². The van der Waals surface area contributed by atoms with Crippen LogP contribution in [0, 0.1) is 0 Å². The Morgan fingerprint density at radius 2 is 2.33 bits per heavy atom. The fourth-order valence-electron chi connectivity index (χ4n) is 2.87. The molecule has 1 fully saturated rings. The van der Waals surface area contributed by atoms with E-state index in [4.69, 9.17) is 5.73 Å². The van der Waals surface area contributed by atoms with E-state index in [9.17, 15) is 9.90 Å². The zero-order chi connectivity index (χ0) is 14.8. The van der Waals surface area contributed by atoms with E-state index in [0.29, 0.717) is 17.1 Å². The number of hydrogen-bond donors (Lipinski definition) is 2. The maximum Gasteiger partial charge on any atom is 0.266 e. The monoisotopic (exact) mass is 305 g/mol. The zero-order valence-electron chi connectivity index (χ0n) is 11.8. The Hall–Kier alpha value is -1.66. The average Bonchev–Trinajstić information content (AvgIpc) is 2.71. The molecule has 5 nitrogen and oxygen atoms in total. The predicted molar refractivity (Wildman–Crippen MR) is 84.4 cm³/mol. The number of nitrogens with two attached hydrogens (primary N) is 1. The van der Waals surface area contributed by atoms with E-state index in [1.54, 1.807) is 11.1 Å². The second-order valence-electron chi connectivity index (χ2n) is 5.39. The van der Waals surface area contributed by atoms with Crippen molar-refractivity contribution in [3.8, 4) is 0 Å². The second-order valence-corrected chi connectivity index (χ2v) is 6.38. The molecule has 0 radical (unpaired) electrons. The molecule has 1 aliphatic heterocycles. The molecule has 1 amide bonds. The van der Waals surface area contributed by atoms with Crippen molar-refractivity contribution >= 4 is 33.1 Å². The highest BCUT2D eigenvalue weighted by molar-refractivity contribution is 7.21. The fourth-order valence-corrected chi connectivity index (χ4v) is 3.89. The number of carbonyl (C=O) groups is 1. The zero-order valence-corrected chi connectivity index (χ0v) is 12.6. The summed E-state index contributed by atoms with van der Waals surface area (Å²) in [7, 11) is 0. The summed E-state index contributed by atoms with van der Waals surface area (Å²) in [5.74, 6) is -0.0727. The van der Waals surface area contributed by atoms with Crippen molar-refractivity contribution in [1.29, 1.82) is 0 Å². The SMILES string of the molecule is Nc1c(C(=O)N2CCCCCC2CO)sc2ncccc12. The molecule has 0 bridgehead atoms. The molecule has 1 atom stereocenters. The minimum atomic E-state index is -0.0995. The molecule has 1 aliphatic rings. The number of pyridine rings is 1. The molecule has 3 rings (SSSR count). The van der Waals surface area contributed by atoms with Gasteiger partial charge in [-0.3, -0.25) is 4.79 Å². The van der Waals surface area contributed by atoms with Gasteiger partial charge in [0.2, 0.25) is 0 Å². The molecule has 0 aliphatic carbocycles. The number of likely N-dealkylation sites (tertiary alicyclic amines) is 1. The van der Waals surface area contributed by atoms with E-state index in [2.05, 4.69) is 4.98 Å². The molecule has 0 saturated carbocycles. The van der Waals surface area contributed by atoms with Gasteiger partial charge in [0.1, 0.15) is 9.71 Å². The standard InChI is InChI=1S/C15H19N3O2S/c16-12-11-6-4-7-17-14(11)21-13(12)15(20)18-8-3-1-2-5-10(18)9-19/h4,6-7,10,19H,1-3,5,8-9,16H2. The van der Waals surface area contributed by atoms with Crippen molar-refractivity contribution in [3.63, 3.8) is 0 Å². The van der Waals surface area contributed by atoms with Crippen LogP contribution in [0.25, 0.3) is 10.2 Å². The molecular formula is C15H19N3O2S. The van der Waals surface area contributed by atoms with E-state index >= 15 is 0 Å². The first kappa shape index (κ1) is 14.3. The van der Waals surface area contributed by atoms with Crippen LogP contribution in [-0.2, 0) is 0 Å². The van der Waals surface area contributed by atoms with Crippen LogP contribution in [-0.4, -0.2) is 40.1 Å². The summed E-state index contributed by atoms with van der Waals surface area (Å²) >= 11 is 1.34. The minimum Gasteiger partial charge on any atom is -0.397 e. The molecule has 6 heteroatoms. The predicted octanol–water partition coefficient (Wildman–Crippen LogP) is 2.26. The number of anilines is 1. The Morgan fingerprint density at radius 3 is 3.10 bits per heavy atom. The lowest BCUT2D eigenvalue weighted by atomic mass is 10.1. The highest BCUT2D eigenvalue weighted by atomic mass is 32.1. The van der Waals surface area contributed by atoms with Gasteiger partial charge in [0, 0.05) is 18.1 Å². The lowest BCUT2D eigenvalue weighted by Crippen LogP contribution is -2.42. The van der Waals surface area contributed by atoms with Crippen molar-refractivity contribution in [2.45, 2.75) is 31.7 Å². The number of nitrogens with zero attached hydrogens (tertiary/aromatic N) is 2. The number of aromatic nitrogens is 1. The minimum absolute atomic E-state index is 0.00872.